The normalized spacial score (nSPS) is 22.4. The van der Waals surface area contributed by atoms with Crippen LogP contribution >= 0.6 is 0 Å². The topological polar surface area (TPSA) is 83.1 Å². The summed E-state index contributed by atoms with van der Waals surface area (Å²) in [5.74, 6) is 0.104. The zero-order valence-corrected chi connectivity index (χ0v) is 12.7. The fourth-order valence-electron chi connectivity index (χ4n) is 2.45. The van der Waals surface area contributed by atoms with Crippen LogP contribution in [0.15, 0.2) is 24.3 Å². The molecule has 1 aromatic carbocycles. The second kappa shape index (κ2) is 7.32. The molecule has 1 N–H and O–H groups in total. The van der Waals surface area contributed by atoms with Crippen molar-refractivity contribution in [2.75, 3.05) is 26.4 Å². The van der Waals surface area contributed by atoms with Gasteiger partial charge in [-0.25, -0.2) is 4.79 Å². The lowest BCUT2D eigenvalue weighted by atomic mass is 10.2. The number of hydrogen-bond donors (Lipinski definition) is 1. The van der Waals surface area contributed by atoms with E-state index in [1.807, 2.05) is 6.07 Å². The molecule has 2 aliphatic rings. The van der Waals surface area contributed by atoms with Crippen molar-refractivity contribution >= 4 is 11.9 Å². The molecule has 1 saturated heterocycles. The summed E-state index contributed by atoms with van der Waals surface area (Å²) in [7, 11) is 0. The fourth-order valence-corrected chi connectivity index (χ4v) is 2.45. The number of ether oxygens (including phenoxy) is 4. The second-order valence-electron chi connectivity index (χ2n) is 5.41. The van der Waals surface area contributed by atoms with Crippen LogP contribution in [0.4, 0.5) is 0 Å². The molecular formula is C16H19NO6. The van der Waals surface area contributed by atoms with Crippen LogP contribution in [-0.4, -0.2) is 50.4 Å². The van der Waals surface area contributed by atoms with Crippen LogP contribution in [0.2, 0.25) is 0 Å². The standard InChI is InChI=1S/C16H19NO6/c18-15(17-8-11-4-3-7-20-11)10-22-16(19)14-9-21-12-5-1-2-6-13(12)23-14/h1-2,5-6,11,14H,3-4,7-10H2,(H,17,18)/t11-,14-/m1/s1. The van der Waals surface area contributed by atoms with E-state index in [-0.39, 0.29) is 25.2 Å². The second-order valence-corrected chi connectivity index (χ2v) is 5.41. The molecule has 3 rings (SSSR count). The number of para-hydroxylation sites is 2. The molecule has 1 aromatic rings. The van der Waals surface area contributed by atoms with E-state index in [4.69, 9.17) is 18.9 Å². The van der Waals surface area contributed by atoms with Crippen LogP contribution in [0.5, 0.6) is 11.5 Å². The molecule has 1 fully saturated rings. The highest BCUT2D eigenvalue weighted by molar-refractivity contribution is 5.82. The highest BCUT2D eigenvalue weighted by Crippen LogP contribution is 2.31. The summed E-state index contributed by atoms with van der Waals surface area (Å²) in [6.45, 7) is 0.892. The van der Waals surface area contributed by atoms with Gasteiger partial charge < -0.3 is 24.3 Å². The predicted molar refractivity (Wildman–Crippen MR) is 79.3 cm³/mol. The van der Waals surface area contributed by atoms with Gasteiger partial charge >= 0.3 is 5.97 Å². The first-order chi connectivity index (χ1) is 11.2. The molecule has 23 heavy (non-hydrogen) atoms. The van der Waals surface area contributed by atoms with Crippen LogP contribution in [0, 0.1) is 0 Å². The Hall–Kier alpha value is -2.28. The van der Waals surface area contributed by atoms with E-state index in [0.717, 1.165) is 19.4 Å². The Kier molecular flexibility index (Phi) is 4.97. The average molecular weight is 321 g/mol. The number of hydrogen-bond acceptors (Lipinski definition) is 6. The van der Waals surface area contributed by atoms with Crippen molar-refractivity contribution in [2.45, 2.75) is 25.0 Å². The molecule has 0 aliphatic carbocycles. The highest BCUT2D eigenvalue weighted by Gasteiger charge is 2.29. The van der Waals surface area contributed by atoms with Crippen LogP contribution in [0.25, 0.3) is 0 Å². The summed E-state index contributed by atoms with van der Waals surface area (Å²) < 4.78 is 21.3. The number of fused-ring (bicyclic) bond motifs is 1. The maximum absolute atomic E-state index is 11.9. The van der Waals surface area contributed by atoms with Gasteiger partial charge in [-0.3, -0.25) is 4.79 Å². The molecular weight excluding hydrogens is 302 g/mol. The number of carbonyl (C=O) groups excluding carboxylic acids is 2. The van der Waals surface area contributed by atoms with Crippen LogP contribution in [0.1, 0.15) is 12.8 Å². The lowest BCUT2D eigenvalue weighted by molar-refractivity contribution is -0.157. The SMILES string of the molecule is O=C(COC(=O)[C@H]1COc2ccccc2O1)NC[C@H]1CCCO1. The minimum absolute atomic E-state index is 0.0567. The fraction of sp³-hybridized carbons (Fsp3) is 0.500. The molecule has 7 nitrogen and oxygen atoms in total. The highest BCUT2D eigenvalue weighted by atomic mass is 16.6. The van der Waals surface area contributed by atoms with Gasteiger partial charge in [0.2, 0.25) is 6.10 Å². The van der Waals surface area contributed by atoms with Crippen molar-refractivity contribution in [3.05, 3.63) is 24.3 Å². The van der Waals surface area contributed by atoms with Crippen molar-refractivity contribution in [3.8, 4) is 11.5 Å². The van der Waals surface area contributed by atoms with Crippen molar-refractivity contribution in [3.63, 3.8) is 0 Å². The Balaban J connectivity index is 1.40. The molecule has 2 aliphatic heterocycles. The summed E-state index contributed by atoms with van der Waals surface area (Å²) in [6.07, 6.45) is 1.14. The lowest BCUT2D eigenvalue weighted by Gasteiger charge is -2.24. The molecule has 7 heteroatoms. The quantitative estimate of drug-likeness (QED) is 0.803. The number of esters is 1. The third kappa shape index (κ3) is 4.13. The molecule has 0 bridgehead atoms. The molecule has 0 unspecified atom stereocenters. The van der Waals surface area contributed by atoms with E-state index < -0.39 is 12.1 Å². The summed E-state index contributed by atoms with van der Waals surface area (Å²) in [4.78, 5) is 23.6. The third-order valence-electron chi connectivity index (χ3n) is 3.67. The Morgan fingerprint density at radius 1 is 1.26 bits per heavy atom. The third-order valence-corrected chi connectivity index (χ3v) is 3.67. The Bertz CT molecular complexity index is 569. The van der Waals surface area contributed by atoms with E-state index >= 15 is 0 Å². The number of amides is 1. The van der Waals surface area contributed by atoms with Gasteiger partial charge in [0.1, 0.15) is 6.61 Å². The van der Waals surface area contributed by atoms with Crippen molar-refractivity contribution in [2.24, 2.45) is 0 Å². The first-order valence-corrected chi connectivity index (χ1v) is 7.66. The van der Waals surface area contributed by atoms with Gasteiger partial charge in [-0.1, -0.05) is 12.1 Å². The number of nitrogens with one attached hydrogen (secondary N) is 1. The molecule has 0 radical (unpaired) electrons. The van der Waals surface area contributed by atoms with Gasteiger partial charge in [0.15, 0.2) is 18.1 Å². The van der Waals surface area contributed by atoms with E-state index in [9.17, 15) is 9.59 Å². The van der Waals surface area contributed by atoms with Gasteiger partial charge in [-0.2, -0.15) is 0 Å². The van der Waals surface area contributed by atoms with E-state index in [1.54, 1.807) is 18.2 Å². The molecule has 2 atom stereocenters. The average Bonchev–Trinajstić information content (AvgIpc) is 3.11. The van der Waals surface area contributed by atoms with Crippen molar-refractivity contribution in [1.82, 2.24) is 5.32 Å². The maximum atomic E-state index is 11.9. The lowest BCUT2D eigenvalue weighted by Crippen LogP contribution is -2.40. The summed E-state index contributed by atoms with van der Waals surface area (Å²) in [5.41, 5.74) is 0. The van der Waals surface area contributed by atoms with Crippen molar-refractivity contribution < 1.29 is 28.5 Å². The van der Waals surface area contributed by atoms with Crippen molar-refractivity contribution in [1.29, 1.82) is 0 Å². The van der Waals surface area contributed by atoms with Crippen LogP contribution in [0.3, 0.4) is 0 Å². The Morgan fingerprint density at radius 3 is 2.87 bits per heavy atom. The Morgan fingerprint density at radius 2 is 2.09 bits per heavy atom. The van der Waals surface area contributed by atoms with Crippen LogP contribution < -0.4 is 14.8 Å². The maximum Gasteiger partial charge on any atom is 0.351 e. The smallest absolute Gasteiger partial charge is 0.351 e. The zero-order chi connectivity index (χ0) is 16.1. The first-order valence-electron chi connectivity index (χ1n) is 7.66. The molecule has 0 aromatic heterocycles. The molecule has 124 valence electrons. The summed E-state index contributed by atoms with van der Waals surface area (Å²) >= 11 is 0. The molecule has 0 spiro atoms. The van der Waals surface area contributed by atoms with Gasteiger partial charge in [-0.05, 0) is 25.0 Å². The largest absolute Gasteiger partial charge is 0.485 e. The van der Waals surface area contributed by atoms with Gasteiger partial charge in [0, 0.05) is 13.2 Å². The minimum atomic E-state index is -0.865. The van der Waals surface area contributed by atoms with E-state index in [1.165, 1.54) is 0 Å². The van der Waals surface area contributed by atoms with Crippen LogP contribution in [-0.2, 0) is 19.1 Å². The summed E-state index contributed by atoms with van der Waals surface area (Å²) in [5, 5.41) is 2.69. The molecule has 1 amide bonds. The zero-order valence-electron chi connectivity index (χ0n) is 12.7. The monoisotopic (exact) mass is 321 g/mol. The Labute approximate surface area is 133 Å². The predicted octanol–water partition coefficient (Wildman–Crippen LogP) is 0.665. The number of benzene rings is 1. The first kappa shape index (κ1) is 15.6. The van der Waals surface area contributed by atoms with E-state index in [0.29, 0.717) is 18.0 Å². The summed E-state index contributed by atoms with van der Waals surface area (Å²) in [6, 6.07) is 7.08. The van der Waals surface area contributed by atoms with Gasteiger partial charge in [0.05, 0.1) is 6.10 Å². The molecule has 2 heterocycles. The number of rotatable bonds is 5. The van der Waals surface area contributed by atoms with E-state index in [2.05, 4.69) is 5.32 Å². The molecule has 0 saturated carbocycles. The number of carbonyl (C=O) groups is 2. The van der Waals surface area contributed by atoms with Gasteiger partial charge in [-0.15, -0.1) is 0 Å². The van der Waals surface area contributed by atoms with Gasteiger partial charge in [0.25, 0.3) is 5.91 Å². The minimum Gasteiger partial charge on any atom is -0.485 e.